The number of anilines is 1. The van der Waals surface area contributed by atoms with Crippen molar-refractivity contribution in [3.05, 3.63) is 24.3 Å². The average Bonchev–Trinajstić information content (AvgIpc) is 2.24. The van der Waals surface area contributed by atoms with E-state index in [1.165, 1.54) is 0 Å². The van der Waals surface area contributed by atoms with Gasteiger partial charge in [0.05, 0.1) is 6.61 Å². The van der Waals surface area contributed by atoms with Crippen LogP contribution in [0.3, 0.4) is 0 Å². The molecule has 0 heterocycles. The molecule has 0 atom stereocenters. The molecule has 1 aliphatic carbocycles. The summed E-state index contributed by atoms with van der Waals surface area (Å²) in [4.78, 5) is 21.1. The van der Waals surface area contributed by atoms with Gasteiger partial charge in [0.2, 0.25) is 0 Å². The van der Waals surface area contributed by atoms with Crippen LogP contribution in [-0.2, 0) is 4.79 Å². The van der Waals surface area contributed by atoms with E-state index in [2.05, 4.69) is 5.32 Å². The molecule has 2 N–H and O–H groups in total. The first-order valence-electron chi connectivity index (χ1n) is 5.38. The molecule has 2 rings (SSSR count). The molecule has 17 heavy (non-hydrogen) atoms. The molecule has 1 fully saturated rings. The monoisotopic (exact) mass is 235 g/mol. The number of benzene rings is 1. The predicted octanol–water partition coefficient (Wildman–Crippen LogP) is 2.13. The van der Waals surface area contributed by atoms with Crippen LogP contribution < -0.4 is 10.1 Å². The smallest absolute Gasteiger partial charge is 0.409 e. The molecule has 0 bridgehead atoms. The lowest BCUT2D eigenvalue weighted by Gasteiger charge is -2.23. The van der Waals surface area contributed by atoms with Gasteiger partial charge in [0.25, 0.3) is 0 Å². The maximum Gasteiger partial charge on any atom is 0.409 e. The standard InChI is InChI=1S/C12H13NO4/c14-10-5-8(6-10)7-17-11-3-1-9(2-4-11)13-12(15)16/h1-4,8,13H,5-7H2,(H,15,16). The van der Waals surface area contributed by atoms with E-state index in [0.717, 1.165) is 0 Å². The second-order valence-corrected chi connectivity index (χ2v) is 4.08. The topological polar surface area (TPSA) is 75.6 Å². The Hall–Kier alpha value is -2.04. The van der Waals surface area contributed by atoms with E-state index < -0.39 is 6.09 Å². The number of rotatable bonds is 4. The summed E-state index contributed by atoms with van der Waals surface area (Å²) in [6, 6.07) is 6.67. The molecule has 0 aliphatic heterocycles. The summed E-state index contributed by atoms with van der Waals surface area (Å²) in [7, 11) is 0. The quantitative estimate of drug-likeness (QED) is 0.838. The maximum atomic E-state index is 10.7. The van der Waals surface area contributed by atoms with Gasteiger partial charge in [0.1, 0.15) is 11.5 Å². The van der Waals surface area contributed by atoms with E-state index in [1.54, 1.807) is 24.3 Å². The highest BCUT2D eigenvalue weighted by Crippen LogP contribution is 2.24. The summed E-state index contributed by atoms with van der Waals surface area (Å²) < 4.78 is 5.49. The molecule has 1 saturated carbocycles. The lowest BCUT2D eigenvalue weighted by molar-refractivity contribution is -0.127. The molecule has 1 amide bonds. The van der Waals surface area contributed by atoms with Crippen molar-refractivity contribution in [2.24, 2.45) is 5.92 Å². The number of nitrogens with one attached hydrogen (secondary N) is 1. The minimum atomic E-state index is -1.09. The zero-order valence-corrected chi connectivity index (χ0v) is 9.18. The van der Waals surface area contributed by atoms with Crippen LogP contribution in [0.25, 0.3) is 0 Å². The fraction of sp³-hybridized carbons (Fsp3) is 0.333. The van der Waals surface area contributed by atoms with Crippen LogP contribution >= 0.6 is 0 Å². The van der Waals surface area contributed by atoms with E-state index in [9.17, 15) is 9.59 Å². The molecular weight excluding hydrogens is 222 g/mol. The average molecular weight is 235 g/mol. The fourth-order valence-electron chi connectivity index (χ4n) is 1.67. The molecule has 0 aromatic heterocycles. The molecule has 1 aliphatic rings. The molecule has 1 aromatic rings. The number of Topliss-reactive ketones (excluding diaryl/α,β-unsaturated/α-hetero) is 1. The Kier molecular flexibility index (Phi) is 3.27. The van der Waals surface area contributed by atoms with Gasteiger partial charge in [-0.3, -0.25) is 10.1 Å². The number of amides is 1. The lowest BCUT2D eigenvalue weighted by Crippen LogP contribution is -2.28. The molecule has 5 nitrogen and oxygen atoms in total. The summed E-state index contributed by atoms with van der Waals surface area (Å²) >= 11 is 0. The van der Waals surface area contributed by atoms with E-state index in [0.29, 0.717) is 42.6 Å². The van der Waals surface area contributed by atoms with Crippen molar-refractivity contribution in [2.45, 2.75) is 12.8 Å². The summed E-state index contributed by atoms with van der Waals surface area (Å²) in [6.45, 7) is 0.539. The number of hydrogen-bond acceptors (Lipinski definition) is 3. The van der Waals surface area contributed by atoms with E-state index in [4.69, 9.17) is 9.84 Å². The first kappa shape index (κ1) is 11.4. The maximum absolute atomic E-state index is 10.7. The first-order valence-corrected chi connectivity index (χ1v) is 5.38. The third kappa shape index (κ3) is 3.21. The third-order valence-corrected chi connectivity index (χ3v) is 2.62. The molecule has 0 spiro atoms. The van der Waals surface area contributed by atoms with Crippen molar-refractivity contribution in [1.29, 1.82) is 0 Å². The van der Waals surface area contributed by atoms with Crippen molar-refractivity contribution in [1.82, 2.24) is 0 Å². The Morgan fingerprint density at radius 2 is 2.00 bits per heavy atom. The second kappa shape index (κ2) is 4.86. The van der Waals surface area contributed by atoms with Crippen LogP contribution in [-0.4, -0.2) is 23.6 Å². The van der Waals surface area contributed by atoms with Crippen molar-refractivity contribution in [3.8, 4) is 5.75 Å². The number of ether oxygens (including phenoxy) is 1. The fourth-order valence-corrected chi connectivity index (χ4v) is 1.67. The summed E-state index contributed by atoms with van der Waals surface area (Å²) in [5.74, 6) is 1.30. The Morgan fingerprint density at radius 1 is 1.35 bits per heavy atom. The van der Waals surface area contributed by atoms with Gasteiger partial charge in [-0.2, -0.15) is 0 Å². The Morgan fingerprint density at radius 3 is 2.53 bits per heavy atom. The predicted molar refractivity (Wildman–Crippen MR) is 61.3 cm³/mol. The minimum Gasteiger partial charge on any atom is -0.493 e. The number of carbonyl (C=O) groups excluding carboxylic acids is 1. The molecule has 1 aromatic carbocycles. The molecule has 5 heteroatoms. The number of ketones is 1. The largest absolute Gasteiger partial charge is 0.493 e. The minimum absolute atomic E-state index is 0.291. The molecule has 0 unspecified atom stereocenters. The molecule has 90 valence electrons. The Balaban J connectivity index is 1.81. The first-order chi connectivity index (χ1) is 8.13. The van der Waals surface area contributed by atoms with Gasteiger partial charge in [-0.25, -0.2) is 4.79 Å². The van der Waals surface area contributed by atoms with Crippen LogP contribution in [0.4, 0.5) is 10.5 Å². The van der Waals surface area contributed by atoms with Crippen LogP contribution in [0, 0.1) is 5.92 Å². The highest BCUT2D eigenvalue weighted by molar-refractivity contribution is 5.84. The van der Waals surface area contributed by atoms with Crippen LogP contribution in [0.15, 0.2) is 24.3 Å². The van der Waals surface area contributed by atoms with E-state index in [-0.39, 0.29) is 0 Å². The van der Waals surface area contributed by atoms with Crippen molar-refractivity contribution in [3.63, 3.8) is 0 Å². The number of carbonyl (C=O) groups is 2. The van der Waals surface area contributed by atoms with Crippen LogP contribution in [0.5, 0.6) is 5.75 Å². The zero-order chi connectivity index (χ0) is 12.3. The Bertz CT molecular complexity index is 419. The van der Waals surface area contributed by atoms with Gasteiger partial charge in [-0.1, -0.05) is 0 Å². The van der Waals surface area contributed by atoms with Crippen molar-refractivity contribution in [2.75, 3.05) is 11.9 Å². The Labute approximate surface area is 98.4 Å². The number of carboxylic acid groups (broad SMARTS) is 1. The van der Waals surface area contributed by atoms with Gasteiger partial charge in [-0.05, 0) is 24.3 Å². The molecule has 0 saturated heterocycles. The van der Waals surface area contributed by atoms with Crippen molar-refractivity contribution >= 4 is 17.6 Å². The van der Waals surface area contributed by atoms with Gasteiger partial charge >= 0.3 is 6.09 Å². The summed E-state index contributed by atoms with van der Waals surface area (Å²) in [6.07, 6.45) is 0.128. The van der Waals surface area contributed by atoms with Gasteiger partial charge in [0.15, 0.2) is 0 Å². The number of hydrogen-bond donors (Lipinski definition) is 2. The normalized spacial score (nSPS) is 15.2. The summed E-state index contributed by atoms with van der Waals surface area (Å²) in [5.41, 5.74) is 0.503. The molecule has 0 radical (unpaired) electrons. The lowest BCUT2D eigenvalue weighted by atomic mass is 9.85. The van der Waals surface area contributed by atoms with Crippen LogP contribution in [0.2, 0.25) is 0 Å². The SMILES string of the molecule is O=C1CC(COc2ccc(NC(=O)O)cc2)C1. The summed E-state index contributed by atoms with van der Waals surface area (Å²) in [5, 5.41) is 10.7. The third-order valence-electron chi connectivity index (χ3n) is 2.62. The van der Waals surface area contributed by atoms with Gasteiger partial charge in [-0.15, -0.1) is 0 Å². The van der Waals surface area contributed by atoms with Crippen molar-refractivity contribution < 1.29 is 19.4 Å². The zero-order valence-electron chi connectivity index (χ0n) is 9.18. The highest BCUT2D eigenvalue weighted by Gasteiger charge is 2.26. The van der Waals surface area contributed by atoms with Gasteiger partial charge < -0.3 is 9.84 Å². The molecular formula is C12H13NO4. The van der Waals surface area contributed by atoms with E-state index >= 15 is 0 Å². The van der Waals surface area contributed by atoms with Gasteiger partial charge in [0, 0.05) is 24.4 Å². The second-order valence-electron chi connectivity index (χ2n) is 4.08. The van der Waals surface area contributed by atoms with E-state index in [1.807, 2.05) is 0 Å². The highest BCUT2D eigenvalue weighted by atomic mass is 16.5. The van der Waals surface area contributed by atoms with Crippen LogP contribution in [0.1, 0.15) is 12.8 Å².